The molecule has 0 aromatic carbocycles. The van der Waals surface area contributed by atoms with Crippen molar-refractivity contribution in [2.75, 3.05) is 6.61 Å². The van der Waals surface area contributed by atoms with Gasteiger partial charge in [-0.2, -0.15) is 0 Å². The number of carbonyl (C=O) groups is 1. The zero-order chi connectivity index (χ0) is 43.3. The van der Waals surface area contributed by atoms with E-state index in [4.69, 9.17) is 13.3 Å². The van der Waals surface area contributed by atoms with Crippen LogP contribution in [0.3, 0.4) is 0 Å². The molecule has 1 heterocycles. The third kappa shape index (κ3) is 13.4. The lowest BCUT2D eigenvalue weighted by Crippen LogP contribution is -2.59. The summed E-state index contributed by atoms with van der Waals surface area (Å²) in [4.78, 5) is 19.5. The van der Waals surface area contributed by atoms with Gasteiger partial charge in [-0.05, 0) is 132 Å². The van der Waals surface area contributed by atoms with Crippen LogP contribution in [0, 0.1) is 17.8 Å². The molecule has 3 atom stereocenters. The minimum absolute atomic E-state index is 0.00312. The number of thiazole rings is 1. The molecule has 324 valence electrons. The van der Waals surface area contributed by atoms with E-state index in [1.165, 1.54) is 11.1 Å². The van der Waals surface area contributed by atoms with E-state index in [9.17, 15) is 9.90 Å². The zero-order valence-electron chi connectivity index (χ0n) is 40.0. The maximum Gasteiger partial charge on any atom is 0.192 e. The van der Waals surface area contributed by atoms with Crippen molar-refractivity contribution in [2.45, 2.75) is 227 Å². The van der Waals surface area contributed by atoms with Crippen molar-refractivity contribution in [1.82, 2.24) is 4.98 Å². The minimum Gasteiger partial charge on any atom is -0.417 e. The summed E-state index contributed by atoms with van der Waals surface area (Å²) in [6.45, 7) is 45.3. The summed E-state index contributed by atoms with van der Waals surface area (Å²) in [7, 11) is -6.15. The first-order chi connectivity index (χ1) is 25.2. The highest BCUT2D eigenvalue weighted by Crippen LogP contribution is 2.54. The highest BCUT2D eigenvalue weighted by molar-refractivity contribution is 7.09. The van der Waals surface area contributed by atoms with Gasteiger partial charge in [0, 0.05) is 17.4 Å². The quantitative estimate of drug-likeness (QED) is 0.0754. The molecule has 0 amide bonds. The first-order valence-corrected chi connectivity index (χ1v) is 31.3. The molecule has 1 aliphatic carbocycles. The Kier molecular flexibility index (Phi) is 17.7. The fraction of sp³-hybridized carbons (Fsp3) is 0.826. The molecule has 0 unspecified atom stereocenters. The second kappa shape index (κ2) is 19.3. The van der Waals surface area contributed by atoms with Crippen LogP contribution < -0.4 is 0 Å². The maximum atomic E-state index is 14.8. The molecule has 0 saturated heterocycles. The number of aryl methyl sites for hydroxylation is 1. The van der Waals surface area contributed by atoms with Crippen molar-refractivity contribution in [2.24, 2.45) is 10.8 Å². The van der Waals surface area contributed by atoms with E-state index in [0.717, 1.165) is 55.6 Å². The van der Waals surface area contributed by atoms with Gasteiger partial charge >= 0.3 is 0 Å². The number of carbonyl (C=O) groups excluding carboxylic acids is 1. The van der Waals surface area contributed by atoms with Crippen molar-refractivity contribution < 1.29 is 23.2 Å². The van der Waals surface area contributed by atoms with Gasteiger partial charge in [-0.25, -0.2) is 4.98 Å². The molecule has 0 aliphatic heterocycles. The molecule has 1 N–H and O–H groups in total. The topological polar surface area (TPSA) is 77.9 Å². The van der Waals surface area contributed by atoms with Gasteiger partial charge in [0.1, 0.15) is 5.78 Å². The smallest absolute Gasteiger partial charge is 0.192 e. The van der Waals surface area contributed by atoms with Gasteiger partial charge in [0.2, 0.25) is 0 Å². The number of nitrogens with zero attached hydrogens (tertiary/aromatic N) is 1. The lowest BCUT2D eigenvalue weighted by atomic mass is 9.56. The molecule has 1 aromatic rings. The number of aromatic nitrogens is 1. The summed E-state index contributed by atoms with van der Waals surface area (Å²) in [5, 5.41) is 15.2. The number of hydrogen-bond donors (Lipinski definition) is 1. The molecule has 2 rings (SSSR count). The van der Waals surface area contributed by atoms with E-state index in [1.54, 1.807) is 11.3 Å². The third-order valence-corrected chi connectivity index (χ3v) is 28.7. The van der Waals surface area contributed by atoms with E-state index < -0.39 is 41.9 Å². The summed E-state index contributed by atoms with van der Waals surface area (Å²) in [6.07, 6.45) is 11.2. The average molecular weight is 851 g/mol. The lowest BCUT2D eigenvalue weighted by molar-refractivity contribution is -0.159. The first-order valence-electron chi connectivity index (χ1n) is 21.7. The van der Waals surface area contributed by atoms with Gasteiger partial charge in [-0.15, -0.1) is 11.3 Å². The Morgan fingerprint density at radius 3 is 1.86 bits per heavy atom. The van der Waals surface area contributed by atoms with Crippen LogP contribution in [0.15, 0.2) is 22.6 Å². The minimum atomic E-state index is -2.20. The molecule has 1 fully saturated rings. The number of hydrogen-bond acceptors (Lipinski definition) is 7. The van der Waals surface area contributed by atoms with Crippen molar-refractivity contribution in [1.29, 1.82) is 0 Å². The van der Waals surface area contributed by atoms with Crippen LogP contribution in [0.5, 0.6) is 0 Å². The molecular formula is C46H87NO5SSi3. The second-order valence-electron chi connectivity index (χ2n) is 22.4. The summed E-state index contributed by atoms with van der Waals surface area (Å²) in [5.74, 6) is 0.180. The molecule has 0 bridgehead atoms. The normalized spacial score (nSPS) is 18.4. The van der Waals surface area contributed by atoms with E-state index in [-0.39, 0.29) is 33.1 Å². The Balaban J connectivity index is 2.17. The Labute approximate surface area is 352 Å². The van der Waals surface area contributed by atoms with Gasteiger partial charge < -0.3 is 18.4 Å². The van der Waals surface area contributed by atoms with Gasteiger partial charge in [0.05, 0.1) is 34.4 Å². The molecule has 1 aliphatic rings. The number of allylic oxidation sites excluding steroid dienone is 1. The van der Waals surface area contributed by atoms with E-state index in [2.05, 4.69) is 138 Å². The molecule has 1 aromatic heterocycles. The highest BCUT2D eigenvalue weighted by atomic mass is 32.1. The molecular weight excluding hydrogens is 763 g/mol. The zero-order valence-corrected chi connectivity index (χ0v) is 43.8. The lowest BCUT2D eigenvalue weighted by Gasteiger charge is -2.53. The standard InChI is InChI=1S/C46H87NO5SSi3/c1-34(26-27-38(51-55(17,18)43(7,8)9)35(2)32-37-33-53-36(3)47-37)24-21-22-25-39(48)45(13,14)41(49)46(29-23-30-46)40(52-56(19,20)44(10,11)12)28-31-50-54(15,16)42(4,5)6/h26,32-33,38-40,48H,21-25,27-31H2,1-20H3/b34-26+,35-32+/t38-,39-,40-/m0/s1. The number of aliphatic hydroxyl groups is 1. The Hall–Kier alpha value is -0.729. The van der Waals surface area contributed by atoms with Gasteiger partial charge in [-0.3, -0.25) is 4.79 Å². The summed E-state index contributed by atoms with van der Waals surface area (Å²) >= 11 is 1.68. The van der Waals surface area contributed by atoms with Crippen LogP contribution in [0.1, 0.15) is 158 Å². The Bertz CT molecular complexity index is 1480. The molecule has 6 nitrogen and oxygen atoms in total. The monoisotopic (exact) mass is 850 g/mol. The molecule has 10 heteroatoms. The summed E-state index contributed by atoms with van der Waals surface area (Å²) < 4.78 is 20.9. The third-order valence-electron chi connectivity index (χ3n) is 14.4. The number of rotatable bonds is 21. The maximum absolute atomic E-state index is 14.8. The largest absolute Gasteiger partial charge is 0.417 e. The van der Waals surface area contributed by atoms with E-state index >= 15 is 0 Å². The molecule has 0 radical (unpaired) electrons. The van der Waals surface area contributed by atoms with Crippen LogP contribution in [0.25, 0.3) is 6.08 Å². The number of aliphatic hydroxyl groups excluding tert-OH is 1. The average Bonchev–Trinajstić information content (AvgIpc) is 3.42. The van der Waals surface area contributed by atoms with Crippen LogP contribution in [0.2, 0.25) is 54.4 Å². The van der Waals surface area contributed by atoms with Gasteiger partial charge in [0.15, 0.2) is 25.0 Å². The fourth-order valence-corrected chi connectivity index (χ4v) is 11.2. The van der Waals surface area contributed by atoms with E-state index in [1.807, 2.05) is 20.8 Å². The predicted molar refractivity (Wildman–Crippen MR) is 250 cm³/mol. The highest BCUT2D eigenvalue weighted by Gasteiger charge is 2.58. The van der Waals surface area contributed by atoms with Gasteiger partial charge in [0.25, 0.3) is 0 Å². The Morgan fingerprint density at radius 1 is 0.857 bits per heavy atom. The van der Waals surface area contributed by atoms with Crippen molar-refractivity contribution in [3.05, 3.63) is 33.3 Å². The molecule has 1 saturated carbocycles. The SMILES string of the molecule is C/C(=C\C[C@H](O[Si](C)(C)C(C)(C)C)/C(C)=C/c1csc(C)n1)CCCC[C@H](O)C(C)(C)C(=O)C1([C@H](CCO[Si](C)(C)C(C)(C)C)O[Si](C)(C)C(C)(C)C)CCC1. The number of ketones is 1. The fourth-order valence-electron chi connectivity index (χ4n) is 6.81. The van der Waals surface area contributed by atoms with Gasteiger partial charge in [-0.1, -0.05) is 101 Å². The predicted octanol–water partition coefficient (Wildman–Crippen LogP) is 14.1. The van der Waals surface area contributed by atoms with Crippen molar-refractivity contribution in [3.63, 3.8) is 0 Å². The first kappa shape index (κ1) is 51.4. The molecule has 0 spiro atoms. The molecule has 56 heavy (non-hydrogen) atoms. The summed E-state index contributed by atoms with van der Waals surface area (Å²) in [5.41, 5.74) is 2.11. The van der Waals surface area contributed by atoms with Crippen molar-refractivity contribution >= 4 is 48.1 Å². The number of Topliss-reactive ketones (excluding diaryl/α,β-unsaturated/α-hetero) is 1. The second-order valence-corrected chi connectivity index (χ2v) is 37.8. The Morgan fingerprint density at radius 2 is 1.39 bits per heavy atom. The van der Waals surface area contributed by atoms with Crippen LogP contribution >= 0.6 is 11.3 Å². The summed E-state index contributed by atoms with van der Waals surface area (Å²) in [6, 6.07) is 0. The van der Waals surface area contributed by atoms with Crippen LogP contribution in [-0.2, 0) is 18.1 Å². The van der Waals surface area contributed by atoms with Crippen LogP contribution in [0.4, 0.5) is 0 Å². The van der Waals surface area contributed by atoms with Crippen molar-refractivity contribution in [3.8, 4) is 0 Å². The van der Waals surface area contributed by atoms with Crippen LogP contribution in [-0.4, -0.2) is 65.7 Å². The number of unbranched alkanes of at least 4 members (excludes halogenated alkanes) is 1. The van der Waals surface area contributed by atoms with E-state index in [0.29, 0.717) is 19.4 Å².